The number of hydrogen-bond donors (Lipinski definition) is 2. The number of fused-ring (bicyclic) bond motifs is 1. The van der Waals surface area contributed by atoms with Gasteiger partial charge in [0.2, 0.25) is 4.96 Å². The predicted molar refractivity (Wildman–Crippen MR) is 65.2 cm³/mol. The van der Waals surface area contributed by atoms with Crippen molar-refractivity contribution < 1.29 is 8.42 Å². The summed E-state index contributed by atoms with van der Waals surface area (Å²) in [6.07, 6.45) is 2.06. The molecule has 9 heteroatoms. The summed E-state index contributed by atoms with van der Waals surface area (Å²) in [5.74, 6) is 0. The van der Waals surface area contributed by atoms with Crippen molar-refractivity contribution in [3.63, 3.8) is 0 Å². The number of aromatic nitrogens is 3. The molecule has 0 saturated carbocycles. The molecule has 0 bridgehead atoms. The lowest BCUT2D eigenvalue weighted by atomic mass is 10.3. The zero-order valence-electron chi connectivity index (χ0n) is 9.25. The Bertz CT molecular complexity index is 588. The van der Waals surface area contributed by atoms with Crippen molar-refractivity contribution in [1.82, 2.24) is 24.0 Å². The lowest BCUT2D eigenvalue weighted by Gasteiger charge is -2.05. The summed E-state index contributed by atoms with van der Waals surface area (Å²) in [5.41, 5.74) is 0.946. The molecule has 0 unspecified atom stereocenters. The van der Waals surface area contributed by atoms with Crippen LogP contribution in [0.5, 0.6) is 0 Å². The first-order chi connectivity index (χ1) is 8.12. The van der Waals surface area contributed by atoms with Gasteiger partial charge in [0.15, 0.2) is 0 Å². The number of nitrogens with zero attached hydrogens (tertiary/aromatic N) is 3. The molecule has 0 atom stereocenters. The predicted octanol–water partition coefficient (Wildman–Crippen LogP) is -0.223. The number of thiazole rings is 1. The van der Waals surface area contributed by atoms with E-state index < -0.39 is 10.2 Å². The van der Waals surface area contributed by atoms with E-state index in [-0.39, 0.29) is 0 Å². The van der Waals surface area contributed by atoms with Crippen LogP contribution in [0.2, 0.25) is 0 Å². The van der Waals surface area contributed by atoms with E-state index >= 15 is 0 Å². The molecule has 0 aliphatic rings. The van der Waals surface area contributed by atoms with Crippen LogP contribution in [0.15, 0.2) is 11.7 Å². The van der Waals surface area contributed by atoms with Gasteiger partial charge in [0.25, 0.3) is 10.2 Å². The Labute approximate surface area is 103 Å². The van der Waals surface area contributed by atoms with Crippen LogP contribution in [-0.2, 0) is 16.6 Å². The third-order valence-corrected chi connectivity index (χ3v) is 4.23. The molecule has 0 radical (unpaired) electrons. The highest BCUT2D eigenvalue weighted by molar-refractivity contribution is 7.87. The minimum Gasteiger partial charge on any atom is -0.208 e. The van der Waals surface area contributed by atoms with Gasteiger partial charge in [-0.05, 0) is 0 Å². The van der Waals surface area contributed by atoms with E-state index in [1.54, 1.807) is 11.4 Å². The van der Waals surface area contributed by atoms with Crippen LogP contribution in [0.4, 0.5) is 0 Å². The first-order valence-corrected chi connectivity index (χ1v) is 7.49. The monoisotopic (exact) mass is 275 g/mol. The molecule has 0 spiro atoms. The molecule has 0 aromatic carbocycles. The Hall–Kier alpha value is -1.03. The molecule has 0 fully saturated rings. The van der Waals surface area contributed by atoms with Gasteiger partial charge in [-0.2, -0.15) is 13.5 Å². The smallest absolute Gasteiger partial charge is 0.208 e. The fourth-order valence-corrected chi connectivity index (χ4v) is 3.08. The fraction of sp³-hybridized carbons (Fsp3) is 0.500. The van der Waals surface area contributed by atoms with Crippen molar-refractivity contribution in [2.24, 2.45) is 0 Å². The van der Waals surface area contributed by atoms with Gasteiger partial charge in [-0.25, -0.2) is 18.9 Å². The van der Waals surface area contributed by atoms with Crippen LogP contribution in [-0.4, -0.2) is 36.1 Å². The zero-order valence-corrected chi connectivity index (χ0v) is 10.9. The van der Waals surface area contributed by atoms with E-state index in [0.29, 0.717) is 19.5 Å². The Kier molecular flexibility index (Phi) is 3.72. The van der Waals surface area contributed by atoms with Gasteiger partial charge in [-0.15, -0.1) is 11.3 Å². The van der Waals surface area contributed by atoms with E-state index in [1.807, 2.05) is 5.38 Å². The fourth-order valence-electron chi connectivity index (χ4n) is 1.40. The molecule has 0 saturated heterocycles. The van der Waals surface area contributed by atoms with E-state index in [1.165, 1.54) is 17.7 Å². The first kappa shape index (κ1) is 12.4. The van der Waals surface area contributed by atoms with Crippen molar-refractivity contribution >= 4 is 26.5 Å². The van der Waals surface area contributed by atoms with Crippen molar-refractivity contribution in [1.29, 1.82) is 0 Å². The van der Waals surface area contributed by atoms with E-state index in [4.69, 9.17) is 0 Å². The SMILES string of the molecule is CCNS(=O)(=O)NCCc1csc2ncnn12. The van der Waals surface area contributed by atoms with Crippen LogP contribution in [0.1, 0.15) is 12.6 Å². The van der Waals surface area contributed by atoms with Crippen LogP contribution in [0, 0.1) is 0 Å². The maximum atomic E-state index is 11.3. The Morgan fingerprint density at radius 3 is 3.06 bits per heavy atom. The molecule has 0 amide bonds. The Morgan fingerprint density at radius 1 is 1.47 bits per heavy atom. The average Bonchev–Trinajstić information content (AvgIpc) is 2.81. The molecule has 0 aliphatic heterocycles. The highest BCUT2D eigenvalue weighted by Crippen LogP contribution is 2.12. The summed E-state index contributed by atoms with van der Waals surface area (Å²) < 4.78 is 29.2. The van der Waals surface area contributed by atoms with E-state index in [0.717, 1.165) is 10.7 Å². The number of hydrogen-bond acceptors (Lipinski definition) is 5. The van der Waals surface area contributed by atoms with Crippen molar-refractivity contribution in [3.8, 4) is 0 Å². The zero-order chi connectivity index (χ0) is 12.3. The standard InChI is InChI=1S/C8H13N5O2S2/c1-2-11-17(14,15)12-4-3-7-5-16-8-9-6-10-13(7)8/h5-6,11-12H,2-4H2,1H3. The molecule has 2 N–H and O–H groups in total. The van der Waals surface area contributed by atoms with E-state index in [9.17, 15) is 8.42 Å². The van der Waals surface area contributed by atoms with Gasteiger partial charge in [-0.1, -0.05) is 6.92 Å². The third kappa shape index (κ3) is 3.00. The summed E-state index contributed by atoms with van der Waals surface area (Å²) in [6, 6.07) is 0. The Morgan fingerprint density at radius 2 is 2.29 bits per heavy atom. The molecule has 2 aromatic rings. The second kappa shape index (κ2) is 5.08. The number of rotatable bonds is 6. The molecular weight excluding hydrogens is 262 g/mol. The van der Waals surface area contributed by atoms with Gasteiger partial charge in [0.1, 0.15) is 6.33 Å². The van der Waals surface area contributed by atoms with Crippen LogP contribution in [0.25, 0.3) is 4.96 Å². The average molecular weight is 275 g/mol. The van der Waals surface area contributed by atoms with Crippen LogP contribution >= 0.6 is 11.3 Å². The number of nitrogens with one attached hydrogen (secondary N) is 2. The second-order valence-corrected chi connectivity index (χ2v) is 5.75. The van der Waals surface area contributed by atoms with Gasteiger partial charge in [0.05, 0.1) is 5.69 Å². The normalized spacial score (nSPS) is 12.3. The summed E-state index contributed by atoms with van der Waals surface area (Å²) in [5, 5.41) is 5.98. The lowest BCUT2D eigenvalue weighted by molar-refractivity contribution is 0.568. The molecule has 2 aromatic heterocycles. The van der Waals surface area contributed by atoms with Crippen molar-refractivity contribution in [2.45, 2.75) is 13.3 Å². The molecule has 7 nitrogen and oxygen atoms in total. The quantitative estimate of drug-likeness (QED) is 0.762. The minimum atomic E-state index is -3.37. The maximum absolute atomic E-state index is 11.3. The molecule has 94 valence electrons. The summed E-state index contributed by atoms with van der Waals surface area (Å²) in [4.78, 5) is 4.86. The summed E-state index contributed by atoms with van der Waals surface area (Å²) in [7, 11) is -3.37. The van der Waals surface area contributed by atoms with Crippen molar-refractivity contribution in [2.75, 3.05) is 13.1 Å². The van der Waals surface area contributed by atoms with Gasteiger partial charge < -0.3 is 0 Å². The largest absolute Gasteiger partial charge is 0.276 e. The summed E-state index contributed by atoms with van der Waals surface area (Å²) >= 11 is 1.49. The highest BCUT2D eigenvalue weighted by Gasteiger charge is 2.09. The molecular formula is C8H13N5O2S2. The van der Waals surface area contributed by atoms with E-state index in [2.05, 4.69) is 19.5 Å². The molecule has 0 aliphatic carbocycles. The second-order valence-electron chi connectivity index (χ2n) is 3.33. The molecule has 2 heterocycles. The third-order valence-electron chi connectivity index (χ3n) is 2.10. The Balaban J connectivity index is 1.93. The van der Waals surface area contributed by atoms with Gasteiger partial charge >= 0.3 is 0 Å². The summed E-state index contributed by atoms with van der Waals surface area (Å²) in [6.45, 7) is 2.44. The first-order valence-electron chi connectivity index (χ1n) is 5.13. The van der Waals surface area contributed by atoms with Gasteiger partial charge in [-0.3, -0.25) is 0 Å². The lowest BCUT2D eigenvalue weighted by Crippen LogP contribution is -2.37. The highest BCUT2D eigenvalue weighted by atomic mass is 32.2. The van der Waals surface area contributed by atoms with Gasteiger partial charge in [0, 0.05) is 24.9 Å². The molecule has 17 heavy (non-hydrogen) atoms. The van der Waals surface area contributed by atoms with Crippen molar-refractivity contribution in [3.05, 3.63) is 17.4 Å². The molecule has 2 rings (SSSR count). The minimum absolute atomic E-state index is 0.334. The maximum Gasteiger partial charge on any atom is 0.276 e. The van der Waals surface area contributed by atoms with Crippen LogP contribution < -0.4 is 9.44 Å². The van der Waals surface area contributed by atoms with Crippen LogP contribution in [0.3, 0.4) is 0 Å². The topological polar surface area (TPSA) is 88.4 Å².